The number of hydrogen-bond donors (Lipinski definition) is 1. The van der Waals surface area contributed by atoms with E-state index in [1.165, 1.54) is 3.58 Å². The Balaban J connectivity index is 5.01. The zero-order valence-electron chi connectivity index (χ0n) is 13.0. The van der Waals surface area contributed by atoms with Crippen LogP contribution in [0, 0.1) is 5.92 Å². The molecular weight excluding hydrogens is 355 g/mol. The lowest BCUT2D eigenvalue weighted by Crippen LogP contribution is -2.48. The summed E-state index contributed by atoms with van der Waals surface area (Å²) >= 11 is 2.30. The van der Waals surface area contributed by atoms with E-state index in [1.807, 2.05) is 6.92 Å². The van der Waals surface area contributed by atoms with Crippen LogP contribution < -0.4 is 0 Å². The second-order valence-corrected chi connectivity index (χ2v) is 13.2. The third-order valence-electron chi connectivity index (χ3n) is 3.72. The van der Waals surface area contributed by atoms with E-state index >= 15 is 0 Å². The van der Waals surface area contributed by atoms with Crippen LogP contribution in [0.4, 0.5) is 0 Å². The summed E-state index contributed by atoms with van der Waals surface area (Å²) in [5.74, 6) is 0.232. The standard InChI is InChI=1S/C14H29IO2Si/c1-10(9-11(2)15)13(12(3)16)17-18(7,8)14(4,5)6/h9-10,12-13,16H,1-8H3/b11-9+/t10-,12+,13+/m1/s1. The Labute approximate surface area is 127 Å². The van der Waals surface area contributed by atoms with Gasteiger partial charge in [-0.3, -0.25) is 0 Å². The highest BCUT2D eigenvalue weighted by Crippen LogP contribution is 2.38. The first-order chi connectivity index (χ1) is 7.88. The van der Waals surface area contributed by atoms with Gasteiger partial charge in [0.05, 0.1) is 12.2 Å². The average Bonchev–Trinajstić information content (AvgIpc) is 2.10. The van der Waals surface area contributed by atoms with E-state index in [-0.39, 0.29) is 17.1 Å². The van der Waals surface area contributed by atoms with Gasteiger partial charge in [0.1, 0.15) is 0 Å². The van der Waals surface area contributed by atoms with Gasteiger partial charge in [0.15, 0.2) is 8.32 Å². The van der Waals surface area contributed by atoms with Crippen molar-refractivity contribution in [1.29, 1.82) is 0 Å². The summed E-state index contributed by atoms with van der Waals surface area (Å²) in [6.45, 7) is 17.2. The summed E-state index contributed by atoms with van der Waals surface area (Å²) in [5.41, 5.74) is 0. The molecule has 0 aromatic heterocycles. The Hall–Kier alpha value is 0.607. The van der Waals surface area contributed by atoms with Crippen LogP contribution in [0.25, 0.3) is 0 Å². The second-order valence-electron chi connectivity index (χ2n) is 6.70. The van der Waals surface area contributed by atoms with Crippen LogP contribution >= 0.6 is 22.6 Å². The number of rotatable bonds is 5. The Morgan fingerprint density at radius 2 is 1.72 bits per heavy atom. The number of aliphatic hydroxyl groups excluding tert-OH is 1. The fourth-order valence-electron chi connectivity index (χ4n) is 1.62. The van der Waals surface area contributed by atoms with E-state index in [0.717, 1.165) is 0 Å². The SMILES string of the molecule is C/C(I)=C\[C@@H](C)[C@H](O[Si](C)(C)C(C)(C)C)[C@H](C)O. The van der Waals surface area contributed by atoms with Crippen LogP contribution in [-0.2, 0) is 4.43 Å². The monoisotopic (exact) mass is 384 g/mol. The van der Waals surface area contributed by atoms with Crippen molar-refractivity contribution < 1.29 is 9.53 Å². The number of aliphatic hydroxyl groups is 1. The predicted molar refractivity (Wildman–Crippen MR) is 90.7 cm³/mol. The van der Waals surface area contributed by atoms with E-state index in [2.05, 4.69) is 76.4 Å². The van der Waals surface area contributed by atoms with Gasteiger partial charge in [-0.15, -0.1) is 0 Å². The summed E-state index contributed by atoms with van der Waals surface area (Å²) in [6, 6.07) is 0. The summed E-state index contributed by atoms with van der Waals surface area (Å²) < 4.78 is 7.61. The minimum atomic E-state index is -1.84. The van der Waals surface area contributed by atoms with Crippen molar-refractivity contribution in [3.05, 3.63) is 9.66 Å². The number of allylic oxidation sites excluding steroid dienone is 1. The molecule has 0 saturated heterocycles. The predicted octanol–water partition coefficient (Wildman–Crippen LogP) is 4.73. The molecule has 3 atom stereocenters. The van der Waals surface area contributed by atoms with Gasteiger partial charge in [-0.1, -0.05) is 33.8 Å². The quantitative estimate of drug-likeness (QED) is 0.548. The summed E-state index contributed by atoms with van der Waals surface area (Å²) in [4.78, 5) is 0. The first-order valence-corrected chi connectivity index (χ1v) is 10.6. The van der Waals surface area contributed by atoms with Gasteiger partial charge < -0.3 is 9.53 Å². The zero-order chi connectivity index (χ0) is 14.7. The molecule has 0 heterocycles. The molecule has 0 amide bonds. The molecule has 0 spiro atoms. The smallest absolute Gasteiger partial charge is 0.192 e. The summed E-state index contributed by atoms with van der Waals surface area (Å²) in [6.07, 6.45) is 1.61. The van der Waals surface area contributed by atoms with Gasteiger partial charge in [-0.2, -0.15) is 0 Å². The van der Waals surface area contributed by atoms with Gasteiger partial charge in [0.25, 0.3) is 0 Å². The van der Waals surface area contributed by atoms with Crippen LogP contribution in [0.3, 0.4) is 0 Å². The van der Waals surface area contributed by atoms with E-state index in [1.54, 1.807) is 0 Å². The van der Waals surface area contributed by atoms with Gasteiger partial charge in [0, 0.05) is 5.92 Å². The van der Waals surface area contributed by atoms with Crippen molar-refractivity contribution >= 4 is 30.9 Å². The maximum absolute atomic E-state index is 9.99. The average molecular weight is 384 g/mol. The lowest BCUT2D eigenvalue weighted by molar-refractivity contribution is 0.0181. The maximum atomic E-state index is 9.99. The molecule has 0 bridgehead atoms. The van der Waals surface area contributed by atoms with Crippen LogP contribution in [0.15, 0.2) is 9.66 Å². The van der Waals surface area contributed by atoms with E-state index < -0.39 is 14.4 Å². The van der Waals surface area contributed by atoms with Crippen molar-refractivity contribution in [3.63, 3.8) is 0 Å². The largest absolute Gasteiger partial charge is 0.411 e. The van der Waals surface area contributed by atoms with Crippen LogP contribution in [0.1, 0.15) is 41.5 Å². The van der Waals surface area contributed by atoms with Crippen molar-refractivity contribution in [3.8, 4) is 0 Å². The van der Waals surface area contributed by atoms with Gasteiger partial charge in [-0.05, 0) is 58.2 Å². The van der Waals surface area contributed by atoms with E-state index in [4.69, 9.17) is 4.43 Å². The molecule has 0 rings (SSSR count). The molecule has 4 heteroatoms. The Morgan fingerprint density at radius 1 is 1.28 bits per heavy atom. The molecule has 0 aromatic carbocycles. The molecule has 0 radical (unpaired) electrons. The minimum absolute atomic E-state index is 0.115. The van der Waals surface area contributed by atoms with Crippen LogP contribution in [0.5, 0.6) is 0 Å². The zero-order valence-corrected chi connectivity index (χ0v) is 16.2. The molecule has 0 aliphatic heterocycles. The van der Waals surface area contributed by atoms with Gasteiger partial charge in [-0.25, -0.2) is 0 Å². The van der Waals surface area contributed by atoms with E-state index in [9.17, 15) is 5.11 Å². The first-order valence-electron chi connectivity index (χ1n) is 6.58. The lowest BCUT2D eigenvalue weighted by atomic mass is 10.0. The molecule has 0 fully saturated rings. The third kappa shape index (κ3) is 5.71. The summed E-state index contributed by atoms with van der Waals surface area (Å²) in [7, 11) is -1.84. The molecule has 0 aromatic rings. The molecule has 2 nitrogen and oxygen atoms in total. The van der Waals surface area contributed by atoms with E-state index in [0.29, 0.717) is 0 Å². The van der Waals surface area contributed by atoms with Crippen molar-refractivity contribution in [2.75, 3.05) is 0 Å². The van der Waals surface area contributed by atoms with Crippen LogP contribution in [-0.4, -0.2) is 25.6 Å². The number of halogens is 1. The molecule has 1 N–H and O–H groups in total. The Kier molecular flexibility index (Phi) is 7.09. The lowest BCUT2D eigenvalue weighted by Gasteiger charge is -2.41. The topological polar surface area (TPSA) is 29.5 Å². The Bertz CT molecular complexity index is 289. The van der Waals surface area contributed by atoms with Crippen molar-refractivity contribution in [2.45, 2.75) is 71.9 Å². The Morgan fingerprint density at radius 3 is 2.00 bits per heavy atom. The number of hydrogen-bond acceptors (Lipinski definition) is 2. The summed E-state index contributed by atoms with van der Waals surface area (Å²) in [5, 5.41) is 10.2. The third-order valence-corrected chi connectivity index (χ3v) is 8.56. The molecule has 0 unspecified atom stereocenters. The molecular formula is C14H29IO2Si. The minimum Gasteiger partial charge on any atom is -0.411 e. The fourth-order valence-corrected chi connectivity index (χ4v) is 3.63. The van der Waals surface area contributed by atoms with Crippen LogP contribution in [0.2, 0.25) is 18.1 Å². The van der Waals surface area contributed by atoms with Crippen molar-refractivity contribution in [2.24, 2.45) is 5.92 Å². The second kappa shape index (κ2) is 6.86. The normalized spacial score (nSPS) is 19.6. The fraction of sp³-hybridized carbons (Fsp3) is 0.857. The molecule has 108 valence electrons. The highest BCUT2D eigenvalue weighted by atomic mass is 127. The molecule has 0 aliphatic rings. The highest BCUT2D eigenvalue weighted by molar-refractivity contribution is 14.1. The molecule has 18 heavy (non-hydrogen) atoms. The van der Waals surface area contributed by atoms with Gasteiger partial charge in [0.2, 0.25) is 0 Å². The highest BCUT2D eigenvalue weighted by Gasteiger charge is 2.40. The van der Waals surface area contributed by atoms with Crippen molar-refractivity contribution in [1.82, 2.24) is 0 Å². The molecule has 0 saturated carbocycles. The molecule has 0 aliphatic carbocycles. The van der Waals surface area contributed by atoms with Gasteiger partial charge >= 0.3 is 0 Å². The maximum Gasteiger partial charge on any atom is 0.192 e. The first kappa shape index (κ1) is 18.6.